The Kier molecular flexibility index (Phi) is 4.63. The topological polar surface area (TPSA) is 0 Å². The molecule has 78 valence electrons. The number of halogens is 1. The van der Waals surface area contributed by atoms with Crippen LogP contribution in [0.25, 0.3) is 0 Å². The van der Waals surface area contributed by atoms with E-state index in [9.17, 15) is 0 Å². The first kappa shape index (κ1) is 11.7. The molecular weight excluding hydrogens is 238 g/mol. The molecule has 0 spiro atoms. The minimum atomic E-state index is 1.07. The predicted octanol–water partition coefficient (Wildman–Crippen LogP) is 3.05. The van der Waals surface area contributed by atoms with Gasteiger partial charge in [0.15, 0.2) is 0 Å². The highest BCUT2D eigenvalue weighted by molar-refractivity contribution is 9.09. The number of alkyl halides is 1. The largest absolute Gasteiger partial charge is 0.325 e. The predicted molar refractivity (Wildman–Crippen MR) is 65.5 cm³/mol. The second kappa shape index (κ2) is 5.52. The molecule has 0 aromatic heterocycles. The lowest BCUT2D eigenvalue weighted by molar-refractivity contribution is -0.903. The third-order valence-corrected chi connectivity index (χ3v) is 2.91. The molecule has 0 aliphatic heterocycles. The van der Waals surface area contributed by atoms with Gasteiger partial charge in [0.2, 0.25) is 0 Å². The molecule has 0 fully saturated rings. The average Bonchev–Trinajstić information content (AvgIpc) is 2.16. The smallest absolute Gasteiger partial charge is 0.104 e. The molecular formula is C12H19BrN+. The monoisotopic (exact) mass is 256 g/mol. The van der Waals surface area contributed by atoms with Crippen molar-refractivity contribution in [1.82, 2.24) is 0 Å². The van der Waals surface area contributed by atoms with Crippen LogP contribution in [0.15, 0.2) is 30.3 Å². The summed E-state index contributed by atoms with van der Waals surface area (Å²) >= 11 is 3.48. The lowest BCUT2D eigenvalue weighted by Crippen LogP contribution is -2.39. The number of hydrogen-bond acceptors (Lipinski definition) is 0. The summed E-state index contributed by atoms with van der Waals surface area (Å²) in [5.41, 5.74) is 1.42. The molecule has 2 heteroatoms. The van der Waals surface area contributed by atoms with E-state index in [0.717, 1.165) is 16.4 Å². The number of nitrogens with zero attached hydrogens (tertiary/aromatic N) is 1. The summed E-state index contributed by atoms with van der Waals surface area (Å²) in [5, 5.41) is 1.10. The van der Waals surface area contributed by atoms with Crippen molar-refractivity contribution in [3.8, 4) is 0 Å². The van der Waals surface area contributed by atoms with E-state index in [2.05, 4.69) is 60.4 Å². The van der Waals surface area contributed by atoms with Crippen LogP contribution in [0.2, 0.25) is 0 Å². The van der Waals surface area contributed by atoms with Gasteiger partial charge in [0, 0.05) is 17.3 Å². The fraction of sp³-hybridized carbons (Fsp3) is 0.500. The Morgan fingerprint density at radius 3 is 2.36 bits per heavy atom. The highest BCUT2D eigenvalue weighted by Gasteiger charge is 2.14. The lowest BCUT2D eigenvalue weighted by Gasteiger charge is -2.29. The SMILES string of the molecule is C[N+](C)(CCCBr)Cc1ccccc1. The Balaban J connectivity index is 2.50. The van der Waals surface area contributed by atoms with Gasteiger partial charge in [-0.1, -0.05) is 46.3 Å². The highest BCUT2D eigenvalue weighted by atomic mass is 79.9. The maximum absolute atomic E-state index is 3.48. The van der Waals surface area contributed by atoms with Gasteiger partial charge in [-0.3, -0.25) is 0 Å². The Labute approximate surface area is 95.5 Å². The van der Waals surface area contributed by atoms with Gasteiger partial charge in [-0.25, -0.2) is 0 Å². The van der Waals surface area contributed by atoms with Crippen LogP contribution in [-0.4, -0.2) is 30.5 Å². The third-order valence-electron chi connectivity index (χ3n) is 2.35. The average molecular weight is 257 g/mol. The molecule has 0 amide bonds. The van der Waals surface area contributed by atoms with Crippen LogP contribution in [0.3, 0.4) is 0 Å². The normalized spacial score (nSPS) is 11.6. The zero-order valence-corrected chi connectivity index (χ0v) is 10.6. The van der Waals surface area contributed by atoms with Gasteiger partial charge < -0.3 is 4.48 Å². The summed E-state index contributed by atoms with van der Waals surface area (Å²) in [6.45, 7) is 2.34. The van der Waals surface area contributed by atoms with Crippen molar-refractivity contribution in [1.29, 1.82) is 0 Å². The number of rotatable bonds is 5. The van der Waals surface area contributed by atoms with E-state index in [1.807, 2.05) is 0 Å². The van der Waals surface area contributed by atoms with E-state index >= 15 is 0 Å². The summed E-state index contributed by atoms with van der Waals surface area (Å²) in [6, 6.07) is 10.7. The van der Waals surface area contributed by atoms with Crippen LogP contribution in [0.1, 0.15) is 12.0 Å². The molecule has 0 radical (unpaired) electrons. The molecule has 0 saturated heterocycles. The second-order valence-corrected chi connectivity index (χ2v) is 5.14. The van der Waals surface area contributed by atoms with Crippen molar-refractivity contribution in [2.75, 3.05) is 26.0 Å². The van der Waals surface area contributed by atoms with Crippen LogP contribution < -0.4 is 0 Å². The summed E-state index contributed by atoms with van der Waals surface area (Å²) < 4.78 is 1.07. The van der Waals surface area contributed by atoms with Crippen molar-refractivity contribution in [3.05, 3.63) is 35.9 Å². The molecule has 0 atom stereocenters. The molecule has 0 N–H and O–H groups in total. The zero-order chi connectivity index (χ0) is 10.4. The van der Waals surface area contributed by atoms with E-state index in [1.165, 1.54) is 18.5 Å². The molecule has 0 bridgehead atoms. The van der Waals surface area contributed by atoms with Crippen molar-refractivity contribution in [2.24, 2.45) is 0 Å². The van der Waals surface area contributed by atoms with Gasteiger partial charge >= 0.3 is 0 Å². The van der Waals surface area contributed by atoms with Crippen molar-refractivity contribution in [3.63, 3.8) is 0 Å². The van der Waals surface area contributed by atoms with E-state index in [1.54, 1.807) is 0 Å². The molecule has 1 nitrogen and oxygen atoms in total. The van der Waals surface area contributed by atoms with Crippen molar-refractivity contribution >= 4 is 15.9 Å². The fourth-order valence-electron chi connectivity index (χ4n) is 1.64. The van der Waals surface area contributed by atoms with E-state index in [-0.39, 0.29) is 0 Å². The summed E-state index contributed by atoms with van der Waals surface area (Å²) in [6.07, 6.45) is 1.24. The Hall–Kier alpha value is -0.340. The summed E-state index contributed by atoms with van der Waals surface area (Å²) in [4.78, 5) is 0. The van der Waals surface area contributed by atoms with E-state index in [4.69, 9.17) is 0 Å². The highest BCUT2D eigenvalue weighted by Crippen LogP contribution is 2.09. The molecule has 0 heterocycles. The van der Waals surface area contributed by atoms with Gasteiger partial charge in [-0.2, -0.15) is 0 Å². The Morgan fingerprint density at radius 2 is 1.79 bits per heavy atom. The Morgan fingerprint density at radius 1 is 1.14 bits per heavy atom. The first-order valence-corrected chi connectivity index (χ1v) is 6.18. The van der Waals surface area contributed by atoms with Gasteiger partial charge in [0.1, 0.15) is 6.54 Å². The van der Waals surface area contributed by atoms with Crippen LogP contribution >= 0.6 is 15.9 Å². The first-order chi connectivity index (χ1) is 6.64. The minimum absolute atomic E-state index is 1.07. The molecule has 0 unspecified atom stereocenters. The van der Waals surface area contributed by atoms with E-state index in [0.29, 0.717) is 0 Å². The summed E-state index contributed by atoms with van der Waals surface area (Å²) in [7, 11) is 4.57. The number of benzene rings is 1. The van der Waals surface area contributed by atoms with Crippen LogP contribution in [0.4, 0.5) is 0 Å². The van der Waals surface area contributed by atoms with Gasteiger partial charge in [0.25, 0.3) is 0 Å². The Bertz CT molecular complexity index is 256. The van der Waals surface area contributed by atoms with E-state index < -0.39 is 0 Å². The quantitative estimate of drug-likeness (QED) is 0.562. The number of hydrogen-bond donors (Lipinski definition) is 0. The van der Waals surface area contributed by atoms with Crippen LogP contribution in [0, 0.1) is 0 Å². The van der Waals surface area contributed by atoms with Gasteiger partial charge in [-0.15, -0.1) is 0 Å². The zero-order valence-electron chi connectivity index (χ0n) is 9.04. The van der Waals surface area contributed by atoms with Crippen molar-refractivity contribution in [2.45, 2.75) is 13.0 Å². The second-order valence-electron chi connectivity index (χ2n) is 4.35. The minimum Gasteiger partial charge on any atom is -0.325 e. The molecule has 0 aliphatic carbocycles. The van der Waals surface area contributed by atoms with Crippen LogP contribution in [0.5, 0.6) is 0 Å². The standard InChI is InChI=1S/C12H19BrN/c1-14(2,10-6-9-13)11-12-7-4-3-5-8-12/h3-5,7-8H,6,9-11H2,1-2H3/q+1. The summed E-state index contributed by atoms with van der Waals surface area (Å²) in [5.74, 6) is 0. The molecule has 1 aromatic carbocycles. The maximum atomic E-state index is 3.48. The lowest BCUT2D eigenvalue weighted by atomic mass is 10.2. The number of quaternary nitrogens is 1. The molecule has 0 saturated carbocycles. The van der Waals surface area contributed by atoms with Crippen molar-refractivity contribution < 1.29 is 4.48 Å². The van der Waals surface area contributed by atoms with Gasteiger partial charge in [-0.05, 0) is 0 Å². The van der Waals surface area contributed by atoms with Crippen LogP contribution in [-0.2, 0) is 6.54 Å². The molecule has 1 rings (SSSR count). The third kappa shape index (κ3) is 4.25. The maximum Gasteiger partial charge on any atom is 0.104 e. The molecule has 0 aliphatic rings. The molecule has 14 heavy (non-hydrogen) atoms. The first-order valence-electron chi connectivity index (χ1n) is 5.06. The fourth-order valence-corrected chi connectivity index (χ4v) is 1.90. The molecule has 1 aromatic rings. The van der Waals surface area contributed by atoms with Gasteiger partial charge in [0.05, 0.1) is 20.6 Å².